The number of aliphatic hydroxyl groups excluding tert-OH is 1. The predicted octanol–water partition coefficient (Wildman–Crippen LogP) is 3.66. The number of carbonyl (C=O) groups is 1. The monoisotopic (exact) mass is 458 g/mol. The van der Waals surface area contributed by atoms with Gasteiger partial charge in [0.1, 0.15) is 5.52 Å². The second-order valence-electron chi connectivity index (χ2n) is 9.05. The maximum absolute atomic E-state index is 12.6. The van der Waals surface area contributed by atoms with Crippen LogP contribution in [-0.4, -0.2) is 56.2 Å². The lowest BCUT2D eigenvalue weighted by Gasteiger charge is -2.35. The number of nitrogens with zero attached hydrogens (tertiary/aromatic N) is 4. The maximum atomic E-state index is 12.6. The molecule has 8 nitrogen and oxygen atoms in total. The molecule has 0 spiro atoms. The number of benzene rings is 2. The van der Waals surface area contributed by atoms with Gasteiger partial charge in [-0.2, -0.15) is 4.98 Å². The van der Waals surface area contributed by atoms with E-state index in [0.717, 1.165) is 18.5 Å². The van der Waals surface area contributed by atoms with Crippen molar-refractivity contribution in [1.82, 2.24) is 19.4 Å². The Hall–Kier alpha value is -3.65. The van der Waals surface area contributed by atoms with Gasteiger partial charge in [0.15, 0.2) is 12.2 Å². The molecular weight excluding hydrogens is 432 g/mol. The fourth-order valence-electron chi connectivity index (χ4n) is 5.26. The standard InChI is InChI=1S/C26H26N4O4/c31-23(13-21-18-5-1-2-6-19(18)22-14-27-16-30(21)22)17-9-11-29(12-10-17)25(32)15-33-26-28-20-7-3-4-8-24(20)34-26/h1-8,14,16-17,21,23,31H,9-13,15H2. The average molecular weight is 459 g/mol. The number of oxazole rings is 1. The van der Waals surface area contributed by atoms with Crippen LogP contribution in [0.3, 0.4) is 0 Å². The van der Waals surface area contributed by atoms with E-state index in [1.165, 1.54) is 11.1 Å². The number of imidazole rings is 1. The van der Waals surface area contributed by atoms with Gasteiger partial charge in [0.2, 0.25) is 0 Å². The average Bonchev–Trinajstić information content (AvgIpc) is 3.58. The van der Waals surface area contributed by atoms with Gasteiger partial charge in [-0.15, -0.1) is 0 Å². The lowest BCUT2D eigenvalue weighted by Crippen LogP contribution is -2.43. The number of aliphatic hydroxyl groups is 1. The highest BCUT2D eigenvalue weighted by molar-refractivity contribution is 5.78. The topological polar surface area (TPSA) is 93.6 Å². The van der Waals surface area contributed by atoms with E-state index >= 15 is 0 Å². The van der Waals surface area contributed by atoms with Gasteiger partial charge in [-0.1, -0.05) is 36.4 Å². The zero-order valence-corrected chi connectivity index (χ0v) is 18.7. The zero-order chi connectivity index (χ0) is 23.1. The zero-order valence-electron chi connectivity index (χ0n) is 18.7. The van der Waals surface area contributed by atoms with Crippen LogP contribution in [0.15, 0.2) is 65.5 Å². The Labute approximate surface area is 196 Å². The summed E-state index contributed by atoms with van der Waals surface area (Å²) in [6.45, 7) is 1.10. The molecule has 0 bridgehead atoms. The quantitative estimate of drug-likeness (QED) is 0.474. The number of hydrogen-bond acceptors (Lipinski definition) is 6. The first-order chi connectivity index (χ1) is 16.7. The summed E-state index contributed by atoms with van der Waals surface area (Å²) in [7, 11) is 0. The first-order valence-electron chi connectivity index (χ1n) is 11.7. The Bertz CT molecular complexity index is 1290. The first kappa shape index (κ1) is 20.9. The number of likely N-dealkylation sites (tertiary alicyclic amines) is 1. The number of fused-ring (bicyclic) bond motifs is 4. The molecule has 2 atom stereocenters. The molecule has 1 amide bonds. The van der Waals surface area contributed by atoms with Crippen molar-refractivity contribution in [3.63, 3.8) is 0 Å². The minimum absolute atomic E-state index is 0.0908. The third-order valence-corrected chi connectivity index (χ3v) is 7.09. The van der Waals surface area contributed by atoms with Crippen LogP contribution in [0.1, 0.15) is 30.9 Å². The number of piperidine rings is 1. The highest BCUT2D eigenvalue weighted by atomic mass is 16.6. The highest BCUT2D eigenvalue weighted by Gasteiger charge is 2.34. The molecule has 2 aliphatic heterocycles. The van der Waals surface area contributed by atoms with Crippen LogP contribution in [-0.2, 0) is 4.79 Å². The minimum Gasteiger partial charge on any atom is -0.440 e. The molecule has 6 rings (SSSR count). The van der Waals surface area contributed by atoms with Crippen LogP contribution >= 0.6 is 0 Å². The van der Waals surface area contributed by atoms with Crippen molar-refractivity contribution in [2.45, 2.75) is 31.4 Å². The molecule has 2 aliphatic rings. The van der Waals surface area contributed by atoms with Crippen molar-refractivity contribution in [1.29, 1.82) is 0 Å². The van der Waals surface area contributed by atoms with Crippen molar-refractivity contribution in [2.24, 2.45) is 5.92 Å². The number of hydrogen-bond donors (Lipinski definition) is 1. The highest BCUT2D eigenvalue weighted by Crippen LogP contribution is 2.42. The minimum atomic E-state index is -0.445. The third kappa shape index (κ3) is 3.74. The van der Waals surface area contributed by atoms with E-state index in [0.29, 0.717) is 30.6 Å². The third-order valence-electron chi connectivity index (χ3n) is 7.09. The molecule has 1 N–H and O–H groups in total. The molecule has 2 aromatic carbocycles. The van der Waals surface area contributed by atoms with Crippen LogP contribution in [0.2, 0.25) is 0 Å². The summed E-state index contributed by atoms with van der Waals surface area (Å²) < 4.78 is 13.2. The van der Waals surface area contributed by atoms with Gasteiger partial charge in [0.25, 0.3) is 5.91 Å². The van der Waals surface area contributed by atoms with E-state index in [9.17, 15) is 9.90 Å². The van der Waals surface area contributed by atoms with Gasteiger partial charge in [-0.05, 0) is 42.9 Å². The molecule has 2 unspecified atom stereocenters. The summed E-state index contributed by atoms with van der Waals surface area (Å²) in [5.41, 5.74) is 4.87. The van der Waals surface area contributed by atoms with Crippen LogP contribution in [0, 0.1) is 5.92 Å². The molecule has 34 heavy (non-hydrogen) atoms. The van der Waals surface area contributed by atoms with Crippen molar-refractivity contribution in [2.75, 3.05) is 19.7 Å². The number of rotatable bonds is 6. The summed E-state index contributed by atoms with van der Waals surface area (Å²) in [6, 6.07) is 15.8. The SMILES string of the molecule is O=C(COc1nc2ccccc2o1)N1CCC(C(O)CC2c3ccccc3-c3cncn32)CC1. The van der Waals surface area contributed by atoms with Crippen molar-refractivity contribution < 1.29 is 19.1 Å². The summed E-state index contributed by atoms with van der Waals surface area (Å²) in [5, 5.41) is 11.1. The van der Waals surface area contributed by atoms with Crippen molar-refractivity contribution in [3.05, 3.63) is 66.6 Å². The molecule has 0 radical (unpaired) electrons. The number of carbonyl (C=O) groups excluding carboxylic acids is 1. The van der Waals surface area contributed by atoms with Crippen LogP contribution in [0.5, 0.6) is 6.08 Å². The van der Waals surface area contributed by atoms with Gasteiger partial charge in [0, 0.05) is 18.7 Å². The fraction of sp³-hybridized carbons (Fsp3) is 0.346. The summed E-state index contributed by atoms with van der Waals surface area (Å²) in [4.78, 5) is 23.0. The smallest absolute Gasteiger partial charge is 0.395 e. The molecule has 0 saturated carbocycles. The largest absolute Gasteiger partial charge is 0.440 e. The number of ether oxygens (including phenoxy) is 1. The summed E-state index contributed by atoms with van der Waals surface area (Å²) >= 11 is 0. The summed E-state index contributed by atoms with van der Waals surface area (Å²) in [5.74, 6) is 0.0599. The van der Waals surface area contributed by atoms with Crippen molar-refractivity contribution >= 4 is 17.0 Å². The Morgan fingerprint density at radius 2 is 1.94 bits per heavy atom. The van der Waals surface area contributed by atoms with Crippen LogP contribution in [0.4, 0.5) is 0 Å². The van der Waals surface area contributed by atoms with E-state index in [1.54, 1.807) is 4.90 Å². The van der Waals surface area contributed by atoms with Gasteiger partial charge >= 0.3 is 6.08 Å². The molecule has 8 heteroatoms. The molecule has 4 heterocycles. The van der Waals surface area contributed by atoms with Crippen molar-refractivity contribution in [3.8, 4) is 17.3 Å². The Kier molecular flexibility index (Phi) is 5.30. The van der Waals surface area contributed by atoms with Crippen LogP contribution in [0.25, 0.3) is 22.4 Å². The molecule has 174 valence electrons. The molecule has 1 fully saturated rings. The second kappa shape index (κ2) is 8.61. The van der Waals surface area contributed by atoms with Gasteiger partial charge in [-0.25, -0.2) is 4.98 Å². The first-order valence-corrected chi connectivity index (χ1v) is 11.7. The predicted molar refractivity (Wildman–Crippen MR) is 125 cm³/mol. The van der Waals surface area contributed by atoms with Crippen LogP contribution < -0.4 is 4.74 Å². The van der Waals surface area contributed by atoms with E-state index in [-0.39, 0.29) is 30.6 Å². The Balaban J connectivity index is 1.03. The lowest BCUT2D eigenvalue weighted by atomic mass is 9.86. The van der Waals surface area contributed by atoms with E-state index in [2.05, 4.69) is 26.7 Å². The molecule has 1 saturated heterocycles. The van der Waals surface area contributed by atoms with E-state index < -0.39 is 6.10 Å². The summed E-state index contributed by atoms with van der Waals surface area (Å²) in [6.07, 6.45) is 5.57. The lowest BCUT2D eigenvalue weighted by molar-refractivity contribution is -0.135. The normalized spacial score (nSPS) is 18.6. The Morgan fingerprint density at radius 3 is 2.79 bits per heavy atom. The molecule has 0 aliphatic carbocycles. The second-order valence-corrected chi connectivity index (χ2v) is 9.05. The maximum Gasteiger partial charge on any atom is 0.395 e. The number of para-hydroxylation sites is 2. The Morgan fingerprint density at radius 1 is 1.15 bits per heavy atom. The van der Waals surface area contributed by atoms with Gasteiger partial charge in [0.05, 0.1) is 30.4 Å². The van der Waals surface area contributed by atoms with E-state index in [4.69, 9.17) is 9.15 Å². The van der Waals surface area contributed by atoms with E-state index in [1.807, 2.05) is 48.9 Å². The molecule has 2 aromatic heterocycles. The van der Waals surface area contributed by atoms with Gasteiger partial charge in [-0.3, -0.25) is 4.79 Å². The molecule has 4 aromatic rings. The molecular formula is C26H26N4O4. The number of amides is 1. The number of aromatic nitrogens is 3. The fourth-order valence-corrected chi connectivity index (χ4v) is 5.26. The van der Waals surface area contributed by atoms with Gasteiger partial charge < -0.3 is 23.7 Å².